The fourth-order valence-corrected chi connectivity index (χ4v) is 2.25. The van der Waals surface area contributed by atoms with E-state index in [1.807, 2.05) is 10.9 Å². The summed E-state index contributed by atoms with van der Waals surface area (Å²) in [5.41, 5.74) is 1.28. The molecule has 0 saturated carbocycles. The smallest absolute Gasteiger partial charge is 0.0521 e. The number of likely N-dealkylation sites (tertiary alicyclic amines) is 1. The van der Waals surface area contributed by atoms with Gasteiger partial charge in [0.1, 0.15) is 0 Å². The minimum absolute atomic E-state index is 0.932. The summed E-state index contributed by atoms with van der Waals surface area (Å²) in [4.78, 5) is 2.53. The number of hydrogen-bond donors (Lipinski definition) is 1. The van der Waals surface area contributed by atoms with Gasteiger partial charge in [-0.25, -0.2) is 0 Å². The lowest BCUT2D eigenvalue weighted by molar-refractivity contribution is 0.335. The van der Waals surface area contributed by atoms with E-state index in [0.29, 0.717) is 0 Å². The molecule has 0 atom stereocenters. The van der Waals surface area contributed by atoms with Gasteiger partial charge in [0.05, 0.1) is 5.69 Å². The lowest BCUT2D eigenvalue weighted by atomic mass is 10.4. The highest BCUT2D eigenvalue weighted by molar-refractivity contribution is 4.99. The van der Waals surface area contributed by atoms with Crippen molar-refractivity contribution in [1.82, 2.24) is 20.0 Å². The molecule has 1 fully saturated rings. The van der Waals surface area contributed by atoms with Crippen molar-refractivity contribution < 1.29 is 0 Å². The summed E-state index contributed by atoms with van der Waals surface area (Å²) in [5, 5.41) is 7.74. The third-order valence-corrected chi connectivity index (χ3v) is 3.21. The van der Waals surface area contributed by atoms with Crippen molar-refractivity contribution in [2.75, 3.05) is 26.2 Å². The molecule has 0 amide bonds. The van der Waals surface area contributed by atoms with Crippen LogP contribution in [-0.4, -0.2) is 40.9 Å². The zero-order valence-corrected chi connectivity index (χ0v) is 10.2. The maximum absolute atomic E-state index is 4.26. The van der Waals surface area contributed by atoms with Gasteiger partial charge in [-0.2, -0.15) is 5.10 Å². The fourth-order valence-electron chi connectivity index (χ4n) is 2.25. The van der Waals surface area contributed by atoms with E-state index in [4.69, 9.17) is 0 Å². The van der Waals surface area contributed by atoms with Crippen LogP contribution in [0.15, 0.2) is 12.3 Å². The lowest BCUT2D eigenvalue weighted by Gasteiger charge is -2.14. The number of aromatic nitrogens is 2. The van der Waals surface area contributed by atoms with Crippen LogP contribution in [0.1, 0.15) is 25.5 Å². The summed E-state index contributed by atoms with van der Waals surface area (Å²) in [6.07, 6.45) is 4.63. The first-order chi connectivity index (χ1) is 7.90. The van der Waals surface area contributed by atoms with E-state index in [1.54, 1.807) is 0 Å². The Hall–Kier alpha value is -0.870. The Balaban J connectivity index is 1.64. The number of nitrogens with zero attached hydrogens (tertiary/aromatic N) is 3. The predicted octanol–water partition coefficient (Wildman–Crippen LogP) is 1.09. The molecule has 0 bridgehead atoms. The molecule has 0 spiro atoms. The van der Waals surface area contributed by atoms with Crippen LogP contribution < -0.4 is 5.32 Å². The molecule has 1 aromatic rings. The molecule has 1 aliphatic heterocycles. The molecule has 16 heavy (non-hydrogen) atoms. The Morgan fingerprint density at radius 2 is 2.19 bits per heavy atom. The van der Waals surface area contributed by atoms with Crippen LogP contribution in [0.2, 0.25) is 0 Å². The third-order valence-electron chi connectivity index (χ3n) is 3.21. The van der Waals surface area contributed by atoms with Gasteiger partial charge in [-0.3, -0.25) is 4.68 Å². The monoisotopic (exact) mass is 222 g/mol. The van der Waals surface area contributed by atoms with Gasteiger partial charge < -0.3 is 10.2 Å². The molecule has 2 heterocycles. The Bertz CT molecular complexity index is 302. The zero-order chi connectivity index (χ0) is 11.2. The molecule has 2 rings (SSSR count). The van der Waals surface area contributed by atoms with Gasteiger partial charge in [-0.1, -0.05) is 0 Å². The first-order valence-electron chi connectivity index (χ1n) is 6.34. The molecule has 1 aromatic heterocycles. The Morgan fingerprint density at radius 1 is 1.38 bits per heavy atom. The van der Waals surface area contributed by atoms with Crippen LogP contribution in [0.3, 0.4) is 0 Å². The molecule has 0 aromatic carbocycles. The maximum Gasteiger partial charge on any atom is 0.0521 e. The molecular weight excluding hydrogens is 200 g/mol. The van der Waals surface area contributed by atoms with Crippen LogP contribution in [0, 0.1) is 0 Å². The second-order valence-electron chi connectivity index (χ2n) is 4.36. The molecule has 1 aliphatic rings. The van der Waals surface area contributed by atoms with Crippen molar-refractivity contribution in [3.8, 4) is 0 Å². The van der Waals surface area contributed by atoms with Gasteiger partial charge in [0.15, 0.2) is 0 Å². The number of hydrogen-bond acceptors (Lipinski definition) is 3. The van der Waals surface area contributed by atoms with Gasteiger partial charge in [0.2, 0.25) is 0 Å². The molecule has 4 nitrogen and oxygen atoms in total. The summed E-state index contributed by atoms with van der Waals surface area (Å²) >= 11 is 0. The number of rotatable bonds is 6. The van der Waals surface area contributed by atoms with E-state index in [0.717, 1.165) is 19.6 Å². The minimum atomic E-state index is 0.932. The molecule has 1 saturated heterocycles. The SMILES string of the molecule is CCn1nccc1CNCCN1CCCC1. The van der Waals surface area contributed by atoms with Gasteiger partial charge in [0.25, 0.3) is 0 Å². The molecular formula is C12H22N4. The van der Waals surface area contributed by atoms with Gasteiger partial charge in [-0.05, 0) is 38.9 Å². The molecule has 0 radical (unpaired) electrons. The average molecular weight is 222 g/mol. The van der Waals surface area contributed by atoms with Crippen molar-refractivity contribution in [3.05, 3.63) is 18.0 Å². The Kier molecular flexibility index (Phi) is 4.36. The van der Waals surface area contributed by atoms with Gasteiger partial charge >= 0.3 is 0 Å². The second-order valence-corrected chi connectivity index (χ2v) is 4.36. The minimum Gasteiger partial charge on any atom is -0.310 e. The van der Waals surface area contributed by atoms with Crippen molar-refractivity contribution in [3.63, 3.8) is 0 Å². The third kappa shape index (κ3) is 3.06. The predicted molar refractivity (Wildman–Crippen MR) is 65.3 cm³/mol. The molecule has 90 valence electrons. The van der Waals surface area contributed by atoms with Crippen LogP contribution in [0.25, 0.3) is 0 Å². The largest absolute Gasteiger partial charge is 0.310 e. The first-order valence-corrected chi connectivity index (χ1v) is 6.34. The molecule has 0 aliphatic carbocycles. The standard InChI is InChI=1S/C12H22N4/c1-2-16-12(5-6-14-16)11-13-7-10-15-8-3-4-9-15/h5-6,13H,2-4,7-11H2,1H3. The lowest BCUT2D eigenvalue weighted by Crippen LogP contribution is -2.30. The Labute approximate surface area is 97.6 Å². The summed E-state index contributed by atoms with van der Waals surface area (Å²) < 4.78 is 2.04. The zero-order valence-electron chi connectivity index (χ0n) is 10.2. The van der Waals surface area contributed by atoms with Crippen LogP contribution in [0.4, 0.5) is 0 Å². The molecule has 0 unspecified atom stereocenters. The van der Waals surface area contributed by atoms with E-state index >= 15 is 0 Å². The van der Waals surface area contributed by atoms with Gasteiger partial charge in [-0.15, -0.1) is 0 Å². The van der Waals surface area contributed by atoms with Crippen molar-refractivity contribution >= 4 is 0 Å². The van der Waals surface area contributed by atoms with Gasteiger partial charge in [0, 0.05) is 32.4 Å². The van der Waals surface area contributed by atoms with E-state index in [1.165, 1.54) is 38.2 Å². The summed E-state index contributed by atoms with van der Waals surface area (Å²) in [6.45, 7) is 8.84. The summed E-state index contributed by atoms with van der Waals surface area (Å²) in [6, 6.07) is 2.09. The number of aryl methyl sites for hydroxylation is 1. The quantitative estimate of drug-likeness (QED) is 0.731. The van der Waals surface area contributed by atoms with Crippen LogP contribution in [-0.2, 0) is 13.1 Å². The van der Waals surface area contributed by atoms with Crippen molar-refractivity contribution in [2.24, 2.45) is 0 Å². The highest BCUT2D eigenvalue weighted by atomic mass is 15.3. The molecule has 1 N–H and O–H groups in total. The normalized spacial score (nSPS) is 17.1. The van der Waals surface area contributed by atoms with Crippen LogP contribution >= 0.6 is 0 Å². The topological polar surface area (TPSA) is 33.1 Å². The van der Waals surface area contributed by atoms with E-state index in [-0.39, 0.29) is 0 Å². The maximum atomic E-state index is 4.26. The average Bonchev–Trinajstić information content (AvgIpc) is 2.95. The highest BCUT2D eigenvalue weighted by Gasteiger charge is 2.10. The van der Waals surface area contributed by atoms with E-state index in [9.17, 15) is 0 Å². The second kappa shape index (κ2) is 6.01. The van der Waals surface area contributed by atoms with Crippen molar-refractivity contribution in [2.45, 2.75) is 32.9 Å². The first kappa shape index (κ1) is 11.6. The van der Waals surface area contributed by atoms with E-state index < -0.39 is 0 Å². The Morgan fingerprint density at radius 3 is 2.94 bits per heavy atom. The highest BCUT2D eigenvalue weighted by Crippen LogP contribution is 2.05. The summed E-state index contributed by atoms with van der Waals surface area (Å²) in [7, 11) is 0. The molecule has 4 heteroatoms. The summed E-state index contributed by atoms with van der Waals surface area (Å²) in [5.74, 6) is 0. The van der Waals surface area contributed by atoms with Crippen LogP contribution in [0.5, 0.6) is 0 Å². The fraction of sp³-hybridized carbons (Fsp3) is 0.750. The van der Waals surface area contributed by atoms with E-state index in [2.05, 4.69) is 28.3 Å². The number of nitrogens with one attached hydrogen (secondary N) is 1. The van der Waals surface area contributed by atoms with Crippen molar-refractivity contribution in [1.29, 1.82) is 0 Å².